The van der Waals surface area contributed by atoms with Crippen LogP contribution in [-0.2, 0) is 10.0 Å². The lowest BCUT2D eigenvalue weighted by Crippen LogP contribution is -2.19. The van der Waals surface area contributed by atoms with Gasteiger partial charge in [0.15, 0.2) is 5.13 Å². The molecule has 1 aromatic heterocycles. The SMILES string of the molecule is CCNCCCCS(=O)(=O)Nc1nc(C(C)C)cs1. The van der Waals surface area contributed by atoms with Crippen molar-refractivity contribution in [2.45, 2.75) is 39.5 Å². The molecule has 0 atom stereocenters. The summed E-state index contributed by atoms with van der Waals surface area (Å²) >= 11 is 1.34. The Kier molecular flexibility index (Phi) is 6.74. The van der Waals surface area contributed by atoms with E-state index >= 15 is 0 Å². The Bertz CT molecular complexity index is 469. The van der Waals surface area contributed by atoms with Gasteiger partial charge in [-0.3, -0.25) is 4.72 Å². The van der Waals surface area contributed by atoms with Gasteiger partial charge in [0.25, 0.3) is 0 Å². The van der Waals surface area contributed by atoms with E-state index in [1.165, 1.54) is 11.3 Å². The van der Waals surface area contributed by atoms with Gasteiger partial charge in [0.1, 0.15) is 0 Å². The molecule has 0 aliphatic carbocycles. The molecule has 0 aliphatic heterocycles. The zero-order valence-electron chi connectivity index (χ0n) is 11.8. The molecule has 0 amide bonds. The van der Waals surface area contributed by atoms with E-state index in [2.05, 4.69) is 15.0 Å². The molecule has 0 saturated heterocycles. The van der Waals surface area contributed by atoms with Crippen LogP contribution in [0, 0.1) is 0 Å². The molecule has 0 saturated carbocycles. The molecule has 1 aromatic rings. The Balaban J connectivity index is 2.40. The maximum absolute atomic E-state index is 11.8. The number of unbranched alkanes of at least 4 members (excludes halogenated alkanes) is 1. The molecule has 0 aromatic carbocycles. The lowest BCUT2D eigenvalue weighted by molar-refractivity contribution is 0.593. The van der Waals surface area contributed by atoms with Crippen LogP contribution in [0.3, 0.4) is 0 Å². The number of nitrogens with zero attached hydrogens (tertiary/aromatic N) is 1. The summed E-state index contributed by atoms with van der Waals surface area (Å²) in [5.74, 6) is 0.462. The van der Waals surface area contributed by atoms with E-state index in [9.17, 15) is 8.42 Å². The van der Waals surface area contributed by atoms with E-state index in [-0.39, 0.29) is 5.75 Å². The van der Waals surface area contributed by atoms with Crippen molar-refractivity contribution in [3.05, 3.63) is 11.1 Å². The normalized spacial score (nSPS) is 12.0. The van der Waals surface area contributed by atoms with Gasteiger partial charge in [-0.25, -0.2) is 13.4 Å². The van der Waals surface area contributed by atoms with E-state index in [4.69, 9.17) is 0 Å². The van der Waals surface area contributed by atoms with Crippen LogP contribution in [0.4, 0.5) is 5.13 Å². The smallest absolute Gasteiger partial charge is 0.234 e. The van der Waals surface area contributed by atoms with Crippen molar-refractivity contribution in [2.24, 2.45) is 0 Å². The molecule has 19 heavy (non-hydrogen) atoms. The van der Waals surface area contributed by atoms with Crippen LogP contribution in [0.25, 0.3) is 0 Å². The Morgan fingerprint density at radius 1 is 1.37 bits per heavy atom. The monoisotopic (exact) mass is 305 g/mol. The third kappa shape index (κ3) is 6.35. The third-order valence-electron chi connectivity index (χ3n) is 2.62. The standard InChI is InChI=1S/C12H23N3O2S2/c1-4-13-7-5-6-8-19(16,17)15-12-14-11(9-18-12)10(2)3/h9-10,13H,4-8H2,1-3H3,(H,14,15). The fourth-order valence-corrected chi connectivity index (χ4v) is 3.79. The molecule has 110 valence electrons. The average molecular weight is 305 g/mol. The molecule has 5 nitrogen and oxygen atoms in total. The molecule has 7 heteroatoms. The predicted molar refractivity (Wildman–Crippen MR) is 81.4 cm³/mol. The number of aromatic nitrogens is 1. The van der Waals surface area contributed by atoms with Crippen molar-refractivity contribution in [3.8, 4) is 0 Å². The molecule has 2 N–H and O–H groups in total. The van der Waals surface area contributed by atoms with Gasteiger partial charge in [-0.15, -0.1) is 11.3 Å². The molecule has 0 spiro atoms. The van der Waals surface area contributed by atoms with Crippen molar-refractivity contribution in [3.63, 3.8) is 0 Å². The van der Waals surface area contributed by atoms with Gasteiger partial charge in [0, 0.05) is 5.38 Å². The molecule has 0 unspecified atom stereocenters. The maximum Gasteiger partial charge on any atom is 0.234 e. The topological polar surface area (TPSA) is 71.1 Å². The second-order valence-corrected chi connectivity index (χ2v) is 7.41. The van der Waals surface area contributed by atoms with Gasteiger partial charge in [-0.1, -0.05) is 20.8 Å². The zero-order chi connectivity index (χ0) is 14.3. The van der Waals surface area contributed by atoms with Crippen molar-refractivity contribution < 1.29 is 8.42 Å². The number of hydrogen-bond acceptors (Lipinski definition) is 5. The Labute approximate surface area is 119 Å². The minimum absolute atomic E-state index is 0.148. The van der Waals surface area contributed by atoms with Gasteiger partial charge >= 0.3 is 0 Å². The fourth-order valence-electron chi connectivity index (χ4n) is 1.50. The predicted octanol–water partition coefficient (Wildman–Crippen LogP) is 2.40. The van der Waals surface area contributed by atoms with Gasteiger partial charge in [0.05, 0.1) is 11.4 Å². The summed E-state index contributed by atoms with van der Waals surface area (Å²) in [5, 5.41) is 5.54. The van der Waals surface area contributed by atoms with Crippen LogP contribution < -0.4 is 10.0 Å². The summed E-state index contributed by atoms with van der Waals surface area (Å²) in [6, 6.07) is 0. The summed E-state index contributed by atoms with van der Waals surface area (Å²) in [7, 11) is -3.26. The summed E-state index contributed by atoms with van der Waals surface area (Å²) in [6.45, 7) is 7.89. The third-order valence-corrected chi connectivity index (χ3v) is 4.86. The molecule has 0 bridgehead atoms. The zero-order valence-corrected chi connectivity index (χ0v) is 13.4. The first-order chi connectivity index (χ1) is 8.94. The van der Waals surface area contributed by atoms with Gasteiger partial charge < -0.3 is 5.32 Å². The van der Waals surface area contributed by atoms with Crippen molar-refractivity contribution in [2.75, 3.05) is 23.6 Å². The number of hydrogen-bond donors (Lipinski definition) is 2. The quantitative estimate of drug-likeness (QED) is 0.687. The van der Waals surface area contributed by atoms with E-state index in [0.29, 0.717) is 17.5 Å². The highest BCUT2D eigenvalue weighted by Crippen LogP contribution is 2.22. The Morgan fingerprint density at radius 3 is 2.68 bits per heavy atom. The lowest BCUT2D eigenvalue weighted by Gasteiger charge is -2.05. The molecule has 0 aliphatic rings. The summed E-state index contributed by atoms with van der Waals surface area (Å²) in [5.41, 5.74) is 0.926. The molecule has 0 fully saturated rings. The van der Waals surface area contributed by atoms with Crippen LogP contribution in [-0.4, -0.2) is 32.2 Å². The van der Waals surface area contributed by atoms with Crippen LogP contribution in [0.5, 0.6) is 0 Å². The fraction of sp³-hybridized carbons (Fsp3) is 0.750. The van der Waals surface area contributed by atoms with Crippen molar-refractivity contribution in [1.29, 1.82) is 0 Å². The van der Waals surface area contributed by atoms with Crippen LogP contribution in [0.15, 0.2) is 5.38 Å². The number of thiazole rings is 1. The van der Waals surface area contributed by atoms with Crippen LogP contribution in [0.1, 0.15) is 45.2 Å². The highest BCUT2D eigenvalue weighted by Gasteiger charge is 2.13. The highest BCUT2D eigenvalue weighted by molar-refractivity contribution is 7.92. The molecule has 1 heterocycles. The Hall–Kier alpha value is -0.660. The molecular formula is C12H23N3O2S2. The Morgan fingerprint density at radius 2 is 2.11 bits per heavy atom. The number of anilines is 1. The van der Waals surface area contributed by atoms with E-state index in [1.807, 2.05) is 26.2 Å². The van der Waals surface area contributed by atoms with Crippen molar-refractivity contribution >= 4 is 26.5 Å². The second-order valence-electron chi connectivity index (χ2n) is 4.71. The second kappa shape index (κ2) is 7.81. The average Bonchev–Trinajstić information content (AvgIpc) is 2.76. The summed E-state index contributed by atoms with van der Waals surface area (Å²) < 4.78 is 26.2. The molecular weight excluding hydrogens is 282 g/mol. The van der Waals surface area contributed by atoms with Gasteiger partial charge in [0.2, 0.25) is 10.0 Å². The van der Waals surface area contributed by atoms with Crippen molar-refractivity contribution in [1.82, 2.24) is 10.3 Å². The maximum atomic E-state index is 11.8. The van der Waals surface area contributed by atoms with Crippen LogP contribution >= 0.6 is 11.3 Å². The lowest BCUT2D eigenvalue weighted by atomic mass is 10.2. The number of rotatable bonds is 9. The first-order valence-electron chi connectivity index (χ1n) is 6.61. The van der Waals surface area contributed by atoms with E-state index in [0.717, 1.165) is 25.2 Å². The minimum Gasteiger partial charge on any atom is -0.317 e. The van der Waals surface area contributed by atoms with Gasteiger partial charge in [-0.2, -0.15) is 0 Å². The first-order valence-corrected chi connectivity index (χ1v) is 9.14. The largest absolute Gasteiger partial charge is 0.317 e. The number of sulfonamides is 1. The van der Waals surface area contributed by atoms with Gasteiger partial charge in [-0.05, 0) is 31.8 Å². The summed E-state index contributed by atoms with van der Waals surface area (Å²) in [4.78, 5) is 4.27. The van der Waals surface area contributed by atoms with Crippen LogP contribution in [0.2, 0.25) is 0 Å². The first kappa shape index (κ1) is 16.4. The minimum atomic E-state index is -3.26. The van der Waals surface area contributed by atoms with E-state index in [1.54, 1.807) is 0 Å². The molecule has 0 radical (unpaired) electrons. The number of nitrogens with one attached hydrogen (secondary N) is 2. The highest BCUT2D eigenvalue weighted by atomic mass is 32.2. The summed E-state index contributed by atoms with van der Waals surface area (Å²) in [6.07, 6.45) is 1.52. The molecule has 1 rings (SSSR count). The van der Waals surface area contributed by atoms with E-state index < -0.39 is 10.0 Å².